The topological polar surface area (TPSA) is 43.8 Å². The number of hydrogen-bond acceptors (Lipinski definition) is 2. The summed E-state index contributed by atoms with van der Waals surface area (Å²) in [7, 11) is 0. The maximum absolute atomic E-state index is 5.67. The third-order valence-electron chi connectivity index (χ3n) is 3.59. The van der Waals surface area contributed by atoms with Crippen LogP contribution < -0.4 is 5.73 Å². The summed E-state index contributed by atoms with van der Waals surface area (Å²) in [4.78, 5) is 0.446. The van der Waals surface area contributed by atoms with Gasteiger partial charge in [-0.25, -0.2) is 0 Å². The van der Waals surface area contributed by atoms with Gasteiger partial charge in [-0.1, -0.05) is 38.2 Å². The summed E-state index contributed by atoms with van der Waals surface area (Å²) in [5.74, 6) is 0. The lowest BCUT2D eigenvalue weighted by atomic mass is 10.0. The normalized spacial score (nSPS) is 10.8. The van der Waals surface area contributed by atoms with Gasteiger partial charge < -0.3 is 5.73 Å². The summed E-state index contributed by atoms with van der Waals surface area (Å²) < 4.78 is 2.10. The molecule has 0 amide bonds. The smallest absolute Gasteiger partial charge is 0.103 e. The number of aryl methyl sites for hydroxylation is 3. The van der Waals surface area contributed by atoms with Gasteiger partial charge in [0.15, 0.2) is 0 Å². The van der Waals surface area contributed by atoms with Crippen molar-refractivity contribution in [2.24, 2.45) is 5.73 Å². The SMILES string of the molecule is CCc1cc(CC)n(Cc2ccc(C(N)=S)cc2C)n1. The van der Waals surface area contributed by atoms with Crippen molar-refractivity contribution in [2.75, 3.05) is 0 Å². The largest absolute Gasteiger partial charge is 0.389 e. The second-order valence-corrected chi connectivity index (χ2v) is 5.44. The molecule has 3 nitrogen and oxygen atoms in total. The molecule has 4 heteroatoms. The Labute approximate surface area is 125 Å². The Bertz CT molecular complexity index is 629. The molecule has 106 valence electrons. The molecular weight excluding hydrogens is 266 g/mol. The van der Waals surface area contributed by atoms with E-state index in [9.17, 15) is 0 Å². The first-order valence-corrected chi connectivity index (χ1v) is 7.40. The zero-order chi connectivity index (χ0) is 14.7. The monoisotopic (exact) mass is 287 g/mol. The molecule has 0 saturated heterocycles. The Morgan fingerprint density at radius 2 is 2.00 bits per heavy atom. The molecule has 2 N–H and O–H groups in total. The van der Waals surface area contributed by atoms with Crippen LogP contribution in [0.25, 0.3) is 0 Å². The highest BCUT2D eigenvalue weighted by atomic mass is 32.1. The molecule has 1 aromatic carbocycles. The Kier molecular flexibility index (Phi) is 4.55. The first kappa shape index (κ1) is 14.7. The van der Waals surface area contributed by atoms with E-state index in [0.717, 1.165) is 30.6 Å². The fraction of sp³-hybridized carbons (Fsp3) is 0.375. The lowest BCUT2D eigenvalue weighted by molar-refractivity contribution is 0.638. The average molecular weight is 287 g/mol. The van der Waals surface area contributed by atoms with Gasteiger partial charge in [-0.15, -0.1) is 0 Å². The average Bonchev–Trinajstić information content (AvgIpc) is 2.83. The number of hydrogen-bond donors (Lipinski definition) is 1. The minimum atomic E-state index is 0.446. The number of benzene rings is 1. The van der Waals surface area contributed by atoms with E-state index in [1.54, 1.807) is 0 Å². The van der Waals surface area contributed by atoms with Crippen LogP contribution in [0.4, 0.5) is 0 Å². The summed E-state index contributed by atoms with van der Waals surface area (Å²) >= 11 is 5.01. The van der Waals surface area contributed by atoms with Gasteiger partial charge in [0.2, 0.25) is 0 Å². The van der Waals surface area contributed by atoms with Crippen LogP contribution in [0.1, 0.15) is 41.9 Å². The Morgan fingerprint density at radius 3 is 2.55 bits per heavy atom. The number of rotatable bonds is 5. The van der Waals surface area contributed by atoms with Crippen LogP contribution in [-0.4, -0.2) is 14.8 Å². The minimum absolute atomic E-state index is 0.446. The van der Waals surface area contributed by atoms with Crippen molar-refractivity contribution < 1.29 is 0 Å². The Morgan fingerprint density at radius 1 is 1.25 bits per heavy atom. The fourth-order valence-corrected chi connectivity index (χ4v) is 2.42. The van der Waals surface area contributed by atoms with Gasteiger partial charge in [0, 0.05) is 11.3 Å². The van der Waals surface area contributed by atoms with Crippen LogP contribution in [0.3, 0.4) is 0 Å². The van der Waals surface area contributed by atoms with Gasteiger partial charge in [-0.05, 0) is 43.0 Å². The van der Waals surface area contributed by atoms with E-state index >= 15 is 0 Å². The molecule has 2 rings (SSSR count). The molecule has 0 aliphatic rings. The van der Waals surface area contributed by atoms with E-state index in [-0.39, 0.29) is 0 Å². The molecule has 1 heterocycles. The molecule has 0 bridgehead atoms. The zero-order valence-electron chi connectivity index (χ0n) is 12.3. The summed E-state index contributed by atoms with van der Waals surface area (Å²) in [6.07, 6.45) is 1.97. The van der Waals surface area contributed by atoms with E-state index in [0.29, 0.717) is 4.99 Å². The minimum Gasteiger partial charge on any atom is -0.389 e. The van der Waals surface area contributed by atoms with Crippen LogP contribution in [0, 0.1) is 6.92 Å². The van der Waals surface area contributed by atoms with Crippen molar-refractivity contribution >= 4 is 17.2 Å². The maximum atomic E-state index is 5.67. The summed E-state index contributed by atoms with van der Waals surface area (Å²) in [6, 6.07) is 8.32. The first-order chi connectivity index (χ1) is 9.55. The highest BCUT2D eigenvalue weighted by molar-refractivity contribution is 7.80. The standard InChI is InChI=1S/C16H21N3S/c1-4-14-9-15(5-2)19(18-14)10-13-7-6-12(16(17)20)8-11(13)3/h6-9H,4-5,10H2,1-3H3,(H2,17,20). The number of nitrogens with two attached hydrogens (primary N) is 1. The predicted octanol–water partition coefficient (Wildman–Crippen LogP) is 3.00. The van der Waals surface area contributed by atoms with E-state index < -0.39 is 0 Å². The van der Waals surface area contributed by atoms with Crippen LogP contribution in [-0.2, 0) is 19.4 Å². The molecule has 2 aromatic rings. The van der Waals surface area contributed by atoms with Gasteiger partial charge in [0.1, 0.15) is 4.99 Å². The molecule has 0 saturated carbocycles. The quantitative estimate of drug-likeness (QED) is 0.860. The zero-order valence-corrected chi connectivity index (χ0v) is 13.1. The van der Waals surface area contributed by atoms with Crippen LogP contribution >= 0.6 is 12.2 Å². The summed E-state index contributed by atoms with van der Waals surface area (Å²) in [6.45, 7) is 7.18. The maximum Gasteiger partial charge on any atom is 0.103 e. The molecule has 0 unspecified atom stereocenters. The second kappa shape index (κ2) is 6.18. The molecule has 0 atom stereocenters. The summed E-state index contributed by atoms with van der Waals surface area (Å²) in [5.41, 5.74) is 11.5. The number of nitrogens with zero attached hydrogens (tertiary/aromatic N) is 2. The van der Waals surface area contributed by atoms with E-state index in [4.69, 9.17) is 18.0 Å². The van der Waals surface area contributed by atoms with Gasteiger partial charge >= 0.3 is 0 Å². The fourth-order valence-electron chi connectivity index (χ4n) is 2.30. The van der Waals surface area contributed by atoms with Crippen molar-refractivity contribution in [3.63, 3.8) is 0 Å². The predicted molar refractivity (Wildman–Crippen MR) is 87.2 cm³/mol. The lowest BCUT2D eigenvalue weighted by Gasteiger charge is -2.10. The molecular formula is C16H21N3S. The number of thiocarbonyl (C=S) groups is 1. The Hall–Kier alpha value is -1.68. The molecule has 0 spiro atoms. The molecule has 0 fully saturated rings. The van der Waals surface area contributed by atoms with Crippen molar-refractivity contribution in [1.82, 2.24) is 9.78 Å². The van der Waals surface area contributed by atoms with Crippen molar-refractivity contribution in [1.29, 1.82) is 0 Å². The Balaban J connectivity index is 2.30. The summed E-state index contributed by atoms with van der Waals surface area (Å²) in [5, 5.41) is 4.66. The van der Waals surface area contributed by atoms with Crippen molar-refractivity contribution in [3.8, 4) is 0 Å². The van der Waals surface area contributed by atoms with Crippen LogP contribution in [0.15, 0.2) is 24.3 Å². The van der Waals surface area contributed by atoms with E-state index in [1.807, 2.05) is 12.1 Å². The van der Waals surface area contributed by atoms with Crippen molar-refractivity contribution in [3.05, 3.63) is 52.3 Å². The van der Waals surface area contributed by atoms with Gasteiger partial charge in [0.05, 0.1) is 12.2 Å². The van der Waals surface area contributed by atoms with Gasteiger partial charge in [-0.2, -0.15) is 5.10 Å². The van der Waals surface area contributed by atoms with E-state index in [2.05, 4.69) is 42.7 Å². The van der Waals surface area contributed by atoms with E-state index in [1.165, 1.54) is 16.8 Å². The lowest BCUT2D eigenvalue weighted by Crippen LogP contribution is -2.11. The molecule has 1 aromatic heterocycles. The molecule has 20 heavy (non-hydrogen) atoms. The highest BCUT2D eigenvalue weighted by Crippen LogP contribution is 2.15. The van der Waals surface area contributed by atoms with Gasteiger partial charge in [-0.3, -0.25) is 4.68 Å². The van der Waals surface area contributed by atoms with Gasteiger partial charge in [0.25, 0.3) is 0 Å². The molecule has 0 aliphatic carbocycles. The highest BCUT2D eigenvalue weighted by Gasteiger charge is 2.08. The third-order valence-corrected chi connectivity index (χ3v) is 3.82. The van der Waals surface area contributed by atoms with Crippen molar-refractivity contribution in [2.45, 2.75) is 40.2 Å². The van der Waals surface area contributed by atoms with Crippen LogP contribution in [0.2, 0.25) is 0 Å². The molecule has 0 radical (unpaired) electrons. The van der Waals surface area contributed by atoms with Crippen LogP contribution in [0.5, 0.6) is 0 Å². The molecule has 0 aliphatic heterocycles. The third kappa shape index (κ3) is 3.07. The second-order valence-electron chi connectivity index (χ2n) is 5.00. The first-order valence-electron chi connectivity index (χ1n) is 7.00. The number of aromatic nitrogens is 2.